The average molecular weight is 320 g/mol. The van der Waals surface area contributed by atoms with Crippen molar-refractivity contribution in [2.24, 2.45) is 5.73 Å². The second-order valence-corrected chi connectivity index (χ2v) is 5.64. The normalized spacial score (nSPS) is 12.2. The van der Waals surface area contributed by atoms with Crippen LogP contribution in [-0.4, -0.2) is 7.11 Å². The summed E-state index contributed by atoms with van der Waals surface area (Å²) in [6, 6.07) is 14.3. The molecule has 0 radical (unpaired) electrons. The maximum atomic E-state index is 6.29. The summed E-state index contributed by atoms with van der Waals surface area (Å²) in [5.74, 6) is 0.870. The van der Waals surface area contributed by atoms with Gasteiger partial charge in [-0.1, -0.05) is 34.1 Å². The van der Waals surface area contributed by atoms with Crippen molar-refractivity contribution in [1.82, 2.24) is 0 Å². The van der Waals surface area contributed by atoms with Gasteiger partial charge in [-0.3, -0.25) is 0 Å². The molecule has 0 spiro atoms. The molecule has 0 heterocycles. The van der Waals surface area contributed by atoms with Gasteiger partial charge in [0.2, 0.25) is 0 Å². The summed E-state index contributed by atoms with van der Waals surface area (Å²) in [7, 11) is 1.68. The molecule has 0 aliphatic rings. The maximum Gasteiger partial charge on any atom is 0.119 e. The Bertz CT molecular complexity index is 548. The van der Waals surface area contributed by atoms with Crippen LogP contribution in [0, 0.1) is 6.92 Å². The molecular formula is C16H18BrNO. The summed E-state index contributed by atoms with van der Waals surface area (Å²) in [6.07, 6.45) is 0.799. The van der Waals surface area contributed by atoms with Crippen molar-refractivity contribution in [2.75, 3.05) is 7.11 Å². The lowest BCUT2D eigenvalue weighted by atomic mass is 9.98. The largest absolute Gasteiger partial charge is 0.497 e. The molecule has 0 saturated heterocycles. The van der Waals surface area contributed by atoms with Gasteiger partial charge in [0.15, 0.2) is 0 Å². The van der Waals surface area contributed by atoms with E-state index in [1.165, 1.54) is 11.1 Å². The minimum Gasteiger partial charge on any atom is -0.497 e. The van der Waals surface area contributed by atoms with Crippen molar-refractivity contribution in [3.8, 4) is 5.75 Å². The van der Waals surface area contributed by atoms with Crippen LogP contribution in [0.15, 0.2) is 46.9 Å². The molecule has 1 unspecified atom stereocenters. The molecule has 0 aromatic heterocycles. The van der Waals surface area contributed by atoms with Gasteiger partial charge < -0.3 is 10.5 Å². The predicted molar refractivity (Wildman–Crippen MR) is 82.5 cm³/mol. The zero-order chi connectivity index (χ0) is 13.8. The smallest absolute Gasteiger partial charge is 0.119 e. The SMILES string of the molecule is COc1cccc(CC(N)c2cc(C)cc(Br)c2)c1. The van der Waals surface area contributed by atoms with Crippen LogP contribution < -0.4 is 10.5 Å². The number of hydrogen-bond acceptors (Lipinski definition) is 2. The molecule has 2 aromatic carbocycles. The van der Waals surface area contributed by atoms with Gasteiger partial charge in [-0.25, -0.2) is 0 Å². The second-order valence-electron chi connectivity index (χ2n) is 4.72. The number of benzene rings is 2. The number of hydrogen-bond donors (Lipinski definition) is 1. The third-order valence-corrected chi connectivity index (χ3v) is 3.54. The van der Waals surface area contributed by atoms with Crippen LogP contribution in [0.25, 0.3) is 0 Å². The van der Waals surface area contributed by atoms with E-state index in [2.05, 4.69) is 47.1 Å². The van der Waals surface area contributed by atoms with Crippen molar-refractivity contribution in [3.05, 3.63) is 63.6 Å². The summed E-state index contributed by atoms with van der Waals surface area (Å²) in [4.78, 5) is 0. The van der Waals surface area contributed by atoms with Crippen molar-refractivity contribution < 1.29 is 4.74 Å². The fourth-order valence-electron chi connectivity index (χ4n) is 2.15. The third kappa shape index (κ3) is 3.82. The number of aryl methyl sites for hydroxylation is 1. The van der Waals surface area contributed by atoms with Crippen LogP contribution >= 0.6 is 15.9 Å². The van der Waals surface area contributed by atoms with Crippen molar-refractivity contribution in [3.63, 3.8) is 0 Å². The number of methoxy groups -OCH3 is 1. The highest BCUT2D eigenvalue weighted by molar-refractivity contribution is 9.10. The highest BCUT2D eigenvalue weighted by Gasteiger charge is 2.09. The van der Waals surface area contributed by atoms with Crippen LogP contribution in [0.3, 0.4) is 0 Å². The highest BCUT2D eigenvalue weighted by Crippen LogP contribution is 2.23. The van der Waals surface area contributed by atoms with E-state index in [1.54, 1.807) is 7.11 Å². The van der Waals surface area contributed by atoms with Crippen LogP contribution in [0.2, 0.25) is 0 Å². The molecule has 0 aliphatic heterocycles. The minimum absolute atomic E-state index is 0.0108. The first-order chi connectivity index (χ1) is 9.08. The molecule has 2 nitrogen and oxygen atoms in total. The lowest BCUT2D eigenvalue weighted by Gasteiger charge is -2.14. The fourth-order valence-corrected chi connectivity index (χ4v) is 2.78. The van der Waals surface area contributed by atoms with Gasteiger partial charge >= 0.3 is 0 Å². The zero-order valence-corrected chi connectivity index (χ0v) is 12.8. The summed E-state index contributed by atoms with van der Waals surface area (Å²) < 4.78 is 6.30. The second kappa shape index (κ2) is 6.22. The summed E-state index contributed by atoms with van der Waals surface area (Å²) in [5.41, 5.74) is 9.84. The van der Waals surface area contributed by atoms with Crippen molar-refractivity contribution in [2.45, 2.75) is 19.4 Å². The molecular weight excluding hydrogens is 302 g/mol. The van der Waals surface area contributed by atoms with Gasteiger partial charge in [0, 0.05) is 10.5 Å². The first-order valence-corrected chi connectivity index (χ1v) is 7.03. The molecule has 2 rings (SSSR count). The molecule has 0 bridgehead atoms. The van der Waals surface area contributed by atoms with E-state index >= 15 is 0 Å². The summed E-state index contributed by atoms with van der Waals surface area (Å²) in [6.45, 7) is 2.08. The number of halogens is 1. The lowest BCUT2D eigenvalue weighted by molar-refractivity contribution is 0.414. The molecule has 0 amide bonds. The van der Waals surface area contributed by atoms with Crippen molar-refractivity contribution in [1.29, 1.82) is 0 Å². The van der Waals surface area contributed by atoms with Crippen molar-refractivity contribution >= 4 is 15.9 Å². The Morgan fingerprint density at radius 1 is 1.21 bits per heavy atom. The molecule has 100 valence electrons. The molecule has 0 fully saturated rings. The van der Waals surface area contributed by atoms with Crippen LogP contribution in [0.5, 0.6) is 5.75 Å². The van der Waals surface area contributed by atoms with Crippen LogP contribution in [0.4, 0.5) is 0 Å². The third-order valence-electron chi connectivity index (χ3n) is 3.08. The molecule has 2 N–H and O–H groups in total. The number of ether oxygens (including phenoxy) is 1. The van der Waals surface area contributed by atoms with E-state index in [1.807, 2.05) is 18.2 Å². The first kappa shape index (κ1) is 14.1. The monoisotopic (exact) mass is 319 g/mol. The number of nitrogens with two attached hydrogens (primary N) is 1. The molecule has 1 atom stereocenters. The Morgan fingerprint density at radius 3 is 2.68 bits per heavy atom. The number of rotatable bonds is 4. The van der Waals surface area contributed by atoms with E-state index in [4.69, 9.17) is 10.5 Å². The van der Waals surface area contributed by atoms with Crippen LogP contribution in [0.1, 0.15) is 22.7 Å². The Kier molecular flexibility index (Phi) is 4.61. The topological polar surface area (TPSA) is 35.2 Å². The van der Waals surface area contributed by atoms with Gasteiger partial charge in [0.05, 0.1) is 7.11 Å². The van der Waals surface area contributed by atoms with Gasteiger partial charge in [-0.2, -0.15) is 0 Å². The Labute approximate surface area is 122 Å². The first-order valence-electron chi connectivity index (χ1n) is 6.24. The Hall–Kier alpha value is -1.32. The summed E-state index contributed by atoms with van der Waals surface area (Å²) >= 11 is 3.51. The molecule has 0 aliphatic carbocycles. The van der Waals surface area contributed by atoms with E-state index in [0.29, 0.717) is 0 Å². The van der Waals surface area contributed by atoms with Gasteiger partial charge in [-0.05, 0) is 54.3 Å². The lowest BCUT2D eigenvalue weighted by Crippen LogP contribution is -2.13. The molecule has 0 saturated carbocycles. The Balaban J connectivity index is 2.17. The Morgan fingerprint density at radius 2 is 2.00 bits per heavy atom. The maximum absolute atomic E-state index is 6.29. The predicted octanol–water partition coefficient (Wildman–Crippen LogP) is 4.01. The molecule has 19 heavy (non-hydrogen) atoms. The summed E-state index contributed by atoms with van der Waals surface area (Å²) in [5, 5.41) is 0. The average Bonchev–Trinajstić information content (AvgIpc) is 2.37. The minimum atomic E-state index is -0.0108. The van der Waals surface area contributed by atoms with Gasteiger partial charge in [-0.15, -0.1) is 0 Å². The molecule has 3 heteroatoms. The van der Waals surface area contributed by atoms with Gasteiger partial charge in [0.25, 0.3) is 0 Å². The van der Waals surface area contributed by atoms with E-state index in [0.717, 1.165) is 22.2 Å². The van der Waals surface area contributed by atoms with E-state index in [-0.39, 0.29) is 6.04 Å². The quantitative estimate of drug-likeness (QED) is 0.924. The van der Waals surface area contributed by atoms with Crippen LogP contribution in [-0.2, 0) is 6.42 Å². The van der Waals surface area contributed by atoms with E-state index < -0.39 is 0 Å². The highest BCUT2D eigenvalue weighted by atomic mass is 79.9. The zero-order valence-electron chi connectivity index (χ0n) is 11.2. The van der Waals surface area contributed by atoms with E-state index in [9.17, 15) is 0 Å². The molecule has 2 aromatic rings. The fraction of sp³-hybridized carbons (Fsp3) is 0.250. The van der Waals surface area contributed by atoms with Gasteiger partial charge in [0.1, 0.15) is 5.75 Å². The standard InChI is InChI=1S/C16H18BrNO/c1-11-6-13(10-14(17)7-11)16(18)9-12-4-3-5-15(8-12)19-2/h3-8,10,16H,9,18H2,1-2H3.